The van der Waals surface area contributed by atoms with Crippen LogP contribution in [0.1, 0.15) is 13.3 Å². The number of hydrogen-bond acceptors (Lipinski definition) is 1. The predicted octanol–water partition coefficient (Wildman–Crippen LogP) is 0.763. The Kier molecular flexibility index (Phi) is 3.12. The molecule has 0 rings (SSSR count). The lowest BCUT2D eigenvalue weighted by Gasteiger charge is -2.05. The van der Waals surface area contributed by atoms with Crippen LogP contribution in [-0.4, -0.2) is 12.3 Å². The van der Waals surface area contributed by atoms with Gasteiger partial charge in [-0.15, -0.1) is 0 Å². The Balaban J connectivity index is 3.50. The molecule has 54 valence electrons. The van der Waals surface area contributed by atoms with Gasteiger partial charge in [-0.2, -0.15) is 0 Å². The predicted molar refractivity (Wildman–Crippen MR) is 29.0 cm³/mol. The van der Waals surface area contributed by atoms with Crippen molar-refractivity contribution in [2.75, 3.05) is 0 Å². The van der Waals surface area contributed by atoms with Crippen LogP contribution >= 0.6 is 0 Å². The van der Waals surface area contributed by atoms with Gasteiger partial charge in [0, 0.05) is 12.3 Å². The van der Waals surface area contributed by atoms with E-state index in [1.165, 1.54) is 6.92 Å². The largest absolute Gasteiger partial charge is 0.370 e. The Hall–Kier alpha value is -0.670. The fraction of sp³-hybridized carbons (Fsp3) is 0.800. The third-order valence-electron chi connectivity index (χ3n) is 0.953. The minimum absolute atomic E-state index is 0.238. The van der Waals surface area contributed by atoms with Crippen LogP contribution in [0.2, 0.25) is 0 Å². The normalized spacial score (nSPS) is 13.8. The second-order valence-electron chi connectivity index (χ2n) is 1.98. The number of amides is 1. The van der Waals surface area contributed by atoms with Gasteiger partial charge in [0.25, 0.3) is 0 Å². The van der Waals surface area contributed by atoms with Crippen molar-refractivity contribution >= 4 is 5.91 Å². The van der Waals surface area contributed by atoms with Crippen molar-refractivity contribution in [1.29, 1.82) is 0 Å². The number of hydrogen-bond donors (Lipinski definition) is 1. The first kappa shape index (κ1) is 8.33. The summed E-state index contributed by atoms with van der Waals surface area (Å²) < 4.78 is 23.2. The summed E-state index contributed by atoms with van der Waals surface area (Å²) in [6, 6.07) is 0. The van der Waals surface area contributed by atoms with E-state index in [-0.39, 0.29) is 6.42 Å². The molecule has 0 aliphatic heterocycles. The lowest BCUT2D eigenvalue weighted by atomic mass is 10.1. The van der Waals surface area contributed by atoms with E-state index in [4.69, 9.17) is 0 Å². The fourth-order valence-electron chi connectivity index (χ4n) is 0.406. The Morgan fingerprint density at radius 1 is 1.67 bits per heavy atom. The van der Waals surface area contributed by atoms with E-state index in [1.807, 2.05) is 0 Å². The first-order chi connectivity index (χ1) is 4.04. The van der Waals surface area contributed by atoms with Crippen molar-refractivity contribution in [3.8, 4) is 0 Å². The number of carbonyl (C=O) groups excluding carboxylic acids is 1. The summed E-state index contributed by atoms with van der Waals surface area (Å²) in [6.07, 6.45) is -2.69. The van der Waals surface area contributed by atoms with E-state index in [0.29, 0.717) is 0 Å². The zero-order valence-electron chi connectivity index (χ0n) is 5.10. The van der Waals surface area contributed by atoms with Crippen molar-refractivity contribution in [2.45, 2.75) is 19.8 Å². The van der Waals surface area contributed by atoms with Gasteiger partial charge in [0.2, 0.25) is 12.3 Å². The van der Waals surface area contributed by atoms with E-state index in [1.54, 1.807) is 0 Å². The van der Waals surface area contributed by atoms with Crippen molar-refractivity contribution in [3.63, 3.8) is 0 Å². The van der Waals surface area contributed by atoms with Gasteiger partial charge in [-0.1, -0.05) is 6.92 Å². The highest BCUT2D eigenvalue weighted by Crippen LogP contribution is 2.11. The maximum atomic E-state index is 11.6. The highest BCUT2D eigenvalue weighted by molar-refractivity contribution is 5.73. The number of halogens is 2. The van der Waals surface area contributed by atoms with Crippen LogP contribution in [0.3, 0.4) is 0 Å². The molecule has 0 aliphatic rings. The summed E-state index contributed by atoms with van der Waals surface area (Å²) in [6.45, 7) is 1.29. The second kappa shape index (κ2) is 3.37. The molecular formula is C5H9F2NO. The maximum absolute atomic E-state index is 11.6. The molecule has 0 radical (unpaired) electrons. The Morgan fingerprint density at radius 2 is 2.11 bits per heavy atom. The second-order valence-corrected chi connectivity index (χ2v) is 1.98. The lowest BCUT2D eigenvalue weighted by Crippen LogP contribution is -2.18. The van der Waals surface area contributed by atoms with Crippen LogP contribution in [0.15, 0.2) is 0 Å². The molecule has 0 unspecified atom stereocenters. The van der Waals surface area contributed by atoms with Crippen LogP contribution in [0.25, 0.3) is 0 Å². The smallest absolute Gasteiger partial charge is 0.241 e. The first-order valence-corrected chi connectivity index (χ1v) is 2.60. The molecule has 0 fully saturated rings. The van der Waals surface area contributed by atoms with Crippen LogP contribution in [0, 0.1) is 5.92 Å². The molecule has 0 aromatic heterocycles. The van der Waals surface area contributed by atoms with Crippen LogP contribution in [-0.2, 0) is 4.79 Å². The number of nitrogens with two attached hydrogens (primary N) is 1. The van der Waals surface area contributed by atoms with Crippen LogP contribution in [0.4, 0.5) is 8.78 Å². The molecule has 2 N–H and O–H groups in total. The van der Waals surface area contributed by atoms with Crippen molar-refractivity contribution in [2.24, 2.45) is 11.7 Å². The highest BCUT2D eigenvalue weighted by Gasteiger charge is 2.16. The van der Waals surface area contributed by atoms with Gasteiger partial charge in [-0.25, -0.2) is 8.78 Å². The third kappa shape index (κ3) is 3.88. The number of rotatable bonds is 3. The van der Waals surface area contributed by atoms with Gasteiger partial charge in [0.05, 0.1) is 0 Å². The molecule has 0 aromatic carbocycles. The lowest BCUT2D eigenvalue weighted by molar-refractivity contribution is -0.120. The highest BCUT2D eigenvalue weighted by atomic mass is 19.3. The minimum atomic E-state index is -2.45. The molecule has 9 heavy (non-hydrogen) atoms. The summed E-state index contributed by atoms with van der Waals surface area (Å²) in [5, 5.41) is 0. The van der Waals surface area contributed by atoms with Gasteiger partial charge in [-0.05, 0) is 0 Å². The summed E-state index contributed by atoms with van der Waals surface area (Å²) in [5.74, 6) is -1.59. The van der Waals surface area contributed by atoms with Gasteiger partial charge >= 0.3 is 0 Å². The van der Waals surface area contributed by atoms with Gasteiger partial charge < -0.3 is 5.73 Å². The van der Waals surface area contributed by atoms with Crippen molar-refractivity contribution in [3.05, 3.63) is 0 Å². The molecule has 0 aromatic rings. The maximum Gasteiger partial charge on any atom is 0.241 e. The monoisotopic (exact) mass is 137 g/mol. The zero-order valence-corrected chi connectivity index (χ0v) is 5.10. The van der Waals surface area contributed by atoms with Crippen LogP contribution in [0.5, 0.6) is 0 Å². The molecule has 0 spiro atoms. The zero-order chi connectivity index (χ0) is 7.44. The molecule has 2 nitrogen and oxygen atoms in total. The number of carbonyl (C=O) groups is 1. The molecule has 0 bridgehead atoms. The average Bonchev–Trinajstić information content (AvgIpc) is 1.63. The summed E-state index contributed by atoms with van der Waals surface area (Å²) in [5.41, 5.74) is 4.66. The summed E-state index contributed by atoms with van der Waals surface area (Å²) in [7, 11) is 0. The molecule has 0 heterocycles. The van der Waals surface area contributed by atoms with Crippen molar-refractivity contribution < 1.29 is 13.6 Å². The minimum Gasteiger partial charge on any atom is -0.370 e. The van der Waals surface area contributed by atoms with Gasteiger partial charge in [0.1, 0.15) is 0 Å². The van der Waals surface area contributed by atoms with Gasteiger partial charge in [-0.3, -0.25) is 4.79 Å². The Morgan fingerprint density at radius 3 is 2.22 bits per heavy atom. The Labute approximate surface area is 52.0 Å². The fourth-order valence-corrected chi connectivity index (χ4v) is 0.406. The third-order valence-corrected chi connectivity index (χ3v) is 0.953. The summed E-state index contributed by atoms with van der Waals surface area (Å²) >= 11 is 0. The quantitative estimate of drug-likeness (QED) is 0.613. The van der Waals surface area contributed by atoms with E-state index >= 15 is 0 Å². The average molecular weight is 137 g/mol. The SMILES string of the molecule is C[C@@H](CC(N)=O)C(F)F. The van der Waals surface area contributed by atoms with E-state index in [2.05, 4.69) is 5.73 Å². The topological polar surface area (TPSA) is 43.1 Å². The van der Waals surface area contributed by atoms with Crippen LogP contribution < -0.4 is 5.73 Å². The summed E-state index contributed by atoms with van der Waals surface area (Å²) in [4.78, 5) is 10.0. The van der Waals surface area contributed by atoms with Crippen molar-refractivity contribution in [1.82, 2.24) is 0 Å². The standard InChI is InChI=1S/C5H9F2NO/c1-3(5(6)7)2-4(8)9/h3,5H,2H2,1H3,(H2,8,9)/t3-/m0/s1. The molecule has 0 aliphatic carbocycles. The molecule has 1 atom stereocenters. The molecular weight excluding hydrogens is 128 g/mol. The van der Waals surface area contributed by atoms with E-state index in [0.717, 1.165) is 0 Å². The van der Waals surface area contributed by atoms with Gasteiger partial charge in [0.15, 0.2) is 0 Å². The number of primary amides is 1. The first-order valence-electron chi connectivity index (χ1n) is 2.60. The molecule has 0 saturated heterocycles. The molecule has 1 amide bonds. The molecule has 4 heteroatoms. The molecule has 0 saturated carbocycles. The van der Waals surface area contributed by atoms with E-state index in [9.17, 15) is 13.6 Å². The van der Waals surface area contributed by atoms with E-state index < -0.39 is 18.3 Å². The number of alkyl halides is 2. The Bertz CT molecular complexity index is 105.